The molecule has 2 aromatic rings. The van der Waals surface area contributed by atoms with Gasteiger partial charge in [-0.25, -0.2) is 12.7 Å². The monoisotopic (exact) mass is 429 g/mol. The topological polar surface area (TPSA) is 69.7 Å². The number of hydrogen-bond acceptors (Lipinski definition) is 4. The lowest BCUT2D eigenvalue weighted by Gasteiger charge is -2.22. The molecule has 0 aromatic heterocycles. The third-order valence-corrected chi connectivity index (χ3v) is 7.19. The first-order valence-electron chi connectivity index (χ1n) is 10.3. The average molecular weight is 430 g/mol. The Morgan fingerprint density at radius 3 is 2.13 bits per heavy atom. The molecule has 0 saturated heterocycles. The van der Waals surface area contributed by atoms with Gasteiger partial charge in [-0.15, -0.1) is 0 Å². The summed E-state index contributed by atoms with van der Waals surface area (Å²) in [5.41, 5.74) is 3.11. The van der Waals surface area contributed by atoms with Crippen molar-refractivity contribution < 1.29 is 13.2 Å². The van der Waals surface area contributed by atoms with Crippen LogP contribution in [0.3, 0.4) is 0 Å². The van der Waals surface area contributed by atoms with Crippen LogP contribution in [0.5, 0.6) is 0 Å². The number of hydrogen-bond donors (Lipinski definition) is 1. The molecule has 6 nitrogen and oxygen atoms in total. The van der Waals surface area contributed by atoms with Crippen molar-refractivity contribution in [3.8, 4) is 0 Å². The molecule has 1 aliphatic rings. The van der Waals surface area contributed by atoms with E-state index in [4.69, 9.17) is 0 Å². The highest BCUT2D eigenvalue weighted by molar-refractivity contribution is 7.89. The Bertz CT molecular complexity index is 964. The third kappa shape index (κ3) is 5.68. The number of anilines is 1. The molecule has 1 fully saturated rings. The number of nitrogens with zero attached hydrogens (tertiary/aromatic N) is 2. The molecule has 0 unspecified atom stereocenters. The van der Waals surface area contributed by atoms with E-state index in [2.05, 4.69) is 48.3 Å². The number of amides is 1. The van der Waals surface area contributed by atoms with Crippen molar-refractivity contribution >= 4 is 21.6 Å². The molecule has 3 rings (SSSR count). The third-order valence-electron chi connectivity index (χ3n) is 5.36. The Morgan fingerprint density at radius 2 is 1.63 bits per heavy atom. The summed E-state index contributed by atoms with van der Waals surface area (Å²) in [6.07, 6.45) is 2.24. The molecule has 0 aliphatic heterocycles. The average Bonchev–Trinajstić information content (AvgIpc) is 3.53. The maximum absolute atomic E-state index is 12.6. The van der Waals surface area contributed by atoms with E-state index in [1.54, 1.807) is 12.1 Å². The Labute approximate surface area is 179 Å². The molecule has 1 amide bonds. The van der Waals surface area contributed by atoms with Gasteiger partial charge in [-0.3, -0.25) is 9.69 Å². The zero-order chi connectivity index (χ0) is 21.9. The molecule has 0 atom stereocenters. The van der Waals surface area contributed by atoms with E-state index in [0.717, 1.165) is 19.4 Å². The molecule has 162 valence electrons. The van der Waals surface area contributed by atoms with Crippen LogP contribution >= 0.6 is 0 Å². The van der Waals surface area contributed by atoms with Gasteiger partial charge in [0, 0.05) is 32.4 Å². The predicted molar refractivity (Wildman–Crippen MR) is 120 cm³/mol. The first-order valence-corrected chi connectivity index (χ1v) is 11.8. The fourth-order valence-corrected chi connectivity index (χ4v) is 4.20. The smallest absolute Gasteiger partial charge is 0.242 e. The lowest BCUT2D eigenvalue weighted by Crippen LogP contribution is -2.34. The van der Waals surface area contributed by atoms with Gasteiger partial charge in [-0.2, -0.15) is 0 Å². The first-order chi connectivity index (χ1) is 14.2. The number of nitrogens with one attached hydrogen (secondary N) is 1. The van der Waals surface area contributed by atoms with Gasteiger partial charge in [0.2, 0.25) is 15.9 Å². The fraction of sp³-hybridized carbons (Fsp3) is 0.435. The molecule has 1 saturated carbocycles. The Hall–Kier alpha value is -2.22. The number of benzene rings is 2. The number of carbonyl (C=O) groups excluding carboxylic acids is 1. The summed E-state index contributed by atoms with van der Waals surface area (Å²) in [5.74, 6) is 0.410. The Balaban J connectivity index is 1.60. The fourth-order valence-electron chi connectivity index (χ4n) is 3.30. The molecule has 7 heteroatoms. The normalized spacial score (nSPS) is 14.5. The van der Waals surface area contributed by atoms with Crippen molar-refractivity contribution in [3.05, 3.63) is 59.7 Å². The summed E-state index contributed by atoms with van der Waals surface area (Å²) in [6.45, 7) is 5.42. The van der Waals surface area contributed by atoms with Gasteiger partial charge < -0.3 is 5.32 Å². The zero-order valence-electron chi connectivity index (χ0n) is 18.1. The van der Waals surface area contributed by atoms with Gasteiger partial charge in [-0.1, -0.05) is 38.1 Å². The van der Waals surface area contributed by atoms with Crippen LogP contribution in [0.25, 0.3) is 0 Å². The van der Waals surface area contributed by atoms with Crippen LogP contribution in [0.1, 0.15) is 43.7 Å². The van der Waals surface area contributed by atoms with Crippen molar-refractivity contribution in [1.82, 2.24) is 9.21 Å². The van der Waals surface area contributed by atoms with Gasteiger partial charge >= 0.3 is 0 Å². The molecule has 0 spiro atoms. The van der Waals surface area contributed by atoms with Crippen LogP contribution in [0.15, 0.2) is 53.4 Å². The van der Waals surface area contributed by atoms with Gasteiger partial charge in [0.25, 0.3) is 0 Å². The molecule has 0 radical (unpaired) electrons. The van der Waals surface area contributed by atoms with Gasteiger partial charge in [0.15, 0.2) is 0 Å². The molecular formula is C23H31N3O3S. The summed E-state index contributed by atoms with van der Waals surface area (Å²) in [4.78, 5) is 15.0. The molecular weight excluding hydrogens is 398 g/mol. The van der Waals surface area contributed by atoms with E-state index in [-0.39, 0.29) is 10.8 Å². The number of rotatable bonds is 9. The molecule has 0 heterocycles. The molecule has 2 aromatic carbocycles. The van der Waals surface area contributed by atoms with Crippen molar-refractivity contribution in [2.24, 2.45) is 0 Å². The minimum absolute atomic E-state index is 0.0936. The Morgan fingerprint density at radius 1 is 1.03 bits per heavy atom. The molecule has 0 bridgehead atoms. The lowest BCUT2D eigenvalue weighted by atomic mass is 10.0. The standard InChI is InChI=1S/C23H31N3O3S/c1-17(2)19-7-5-18(6-8-19)15-26(21-11-12-21)16-23(27)24-20-9-13-22(14-10-20)30(28,29)25(3)4/h5-10,13-14,17,21H,11-12,15-16H2,1-4H3,(H,24,27). The summed E-state index contributed by atoms with van der Waals surface area (Å²) >= 11 is 0. The lowest BCUT2D eigenvalue weighted by molar-refractivity contribution is -0.117. The molecule has 1 aliphatic carbocycles. The Kier molecular flexibility index (Phi) is 6.95. The molecule has 1 N–H and O–H groups in total. The van der Waals surface area contributed by atoms with E-state index in [0.29, 0.717) is 24.2 Å². The van der Waals surface area contributed by atoms with Gasteiger partial charge in [-0.05, 0) is 54.2 Å². The minimum atomic E-state index is -3.47. The van der Waals surface area contributed by atoms with E-state index in [9.17, 15) is 13.2 Å². The van der Waals surface area contributed by atoms with E-state index in [1.807, 2.05) is 0 Å². The van der Waals surface area contributed by atoms with Gasteiger partial charge in [0.1, 0.15) is 0 Å². The maximum Gasteiger partial charge on any atom is 0.242 e. The van der Waals surface area contributed by atoms with E-state index >= 15 is 0 Å². The zero-order valence-corrected chi connectivity index (χ0v) is 18.9. The number of sulfonamides is 1. The van der Waals surface area contributed by atoms with Crippen LogP contribution in [0, 0.1) is 0 Å². The van der Waals surface area contributed by atoms with Crippen molar-refractivity contribution in [3.63, 3.8) is 0 Å². The number of carbonyl (C=O) groups is 1. The van der Waals surface area contributed by atoms with Crippen LogP contribution in [0.4, 0.5) is 5.69 Å². The second kappa shape index (κ2) is 9.29. The second-order valence-electron chi connectivity index (χ2n) is 8.39. The van der Waals surface area contributed by atoms with Crippen molar-refractivity contribution in [2.75, 3.05) is 26.0 Å². The SMILES string of the molecule is CC(C)c1ccc(CN(CC(=O)Nc2ccc(S(=O)(=O)N(C)C)cc2)C2CC2)cc1. The summed E-state index contributed by atoms with van der Waals surface area (Å²) < 4.78 is 25.5. The van der Waals surface area contributed by atoms with Crippen LogP contribution in [-0.2, 0) is 21.4 Å². The van der Waals surface area contributed by atoms with E-state index < -0.39 is 10.0 Å². The first kappa shape index (κ1) is 22.5. The van der Waals surface area contributed by atoms with Gasteiger partial charge in [0.05, 0.1) is 11.4 Å². The summed E-state index contributed by atoms with van der Waals surface area (Å²) in [5, 5.41) is 2.88. The minimum Gasteiger partial charge on any atom is -0.325 e. The van der Waals surface area contributed by atoms with Crippen LogP contribution in [-0.4, -0.2) is 50.2 Å². The van der Waals surface area contributed by atoms with Crippen molar-refractivity contribution in [1.29, 1.82) is 0 Å². The highest BCUT2D eigenvalue weighted by atomic mass is 32.2. The maximum atomic E-state index is 12.6. The summed E-state index contributed by atoms with van der Waals surface area (Å²) in [7, 11) is -0.487. The van der Waals surface area contributed by atoms with E-state index in [1.165, 1.54) is 41.7 Å². The highest BCUT2D eigenvalue weighted by Gasteiger charge is 2.30. The quantitative estimate of drug-likeness (QED) is 0.660. The highest BCUT2D eigenvalue weighted by Crippen LogP contribution is 2.28. The van der Waals surface area contributed by atoms with Crippen molar-refractivity contribution in [2.45, 2.75) is 50.1 Å². The van der Waals surface area contributed by atoms with Crippen LogP contribution < -0.4 is 5.32 Å². The van der Waals surface area contributed by atoms with Crippen LogP contribution in [0.2, 0.25) is 0 Å². The molecule has 30 heavy (non-hydrogen) atoms. The predicted octanol–water partition coefficient (Wildman–Crippen LogP) is 3.66. The second-order valence-corrected chi connectivity index (χ2v) is 10.5. The largest absolute Gasteiger partial charge is 0.325 e. The summed E-state index contributed by atoms with van der Waals surface area (Å²) in [6, 6.07) is 15.3.